The van der Waals surface area contributed by atoms with Crippen molar-refractivity contribution in [3.05, 3.63) is 60.2 Å². The van der Waals surface area contributed by atoms with E-state index in [-0.39, 0.29) is 5.91 Å². The molecule has 0 aliphatic carbocycles. The zero-order valence-electron chi connectivity index (χ0n) is 15.8. The molecule has 2 aromatic rings. The third-order valence-electron chi connectivity index (χ3n) is 5.01. The molecule has 142 valence electrons. The third kappa shape index (κ3) is 5.54. The summed E-state index contributed by atoms with van der Waals surface area (Å²) in [5.74, 6) is 0.743. The monoisotopic (exact) mass is 381 g/mol. The number of thiocarbonyl (C=S) groups is 1. The summed E-state index contributed by atoms with van der Waals surface area (Å²) < 4.78 is 0. The lowest BCUT2D eigenvalue weighted by Gasteiger charge is -2.19. The van der Waals surface area contributed by atoms with Crippen LogP contribution < -0.4 is 15.5 Å². The Labute approximate surface area is 167 Å². The molecule has 1 atom stereocenters. The average Bonchev–Trinajstić information content (AvgIpc) is 3.12. The van der Waals surface area contributed by atoms with Gasteiger partial charge in [0.05, 0.1) is 0 Å². The second-order valence-electron chi connectivity index (χ2n) is 6.99. The minimum absolute atomic E-state index is 0.205. The summed E-state index contributed by atoms with van der Waals surface area (Å²) in [6, 6.07) is 18.4. The van der Waals surface area contributed by atoms with Crippen molar-refractivity contribution < 1.29 is 4.79 Å². The molecular formula is C22H27N3OS. The van der Waals surface area contributed by atoms with Crippen LogP contribution in [-0.2, 0) is 11.2 Å². The van der Waals surface area contributed by atoms with Gasteiger partial charge in [-0.25, -0.2) is 0 Å². The number of carbonyl (C=O) groups excluding carboxylic acids is 1. The molecule has 1 aliphatic rings. The molecule has 27 heavy (non-hydrogen) atoms. The smallest absolute Gasteiger partial charge is 0.227 e. The Morgan fingerprint density at radius 1 is 1.15 bits per heavy atom. The van der Waals surface area contributed by atoms with Crippen LogP contribution in [0.4, 0.5) is 11.4 Å². The summed E-state index contributed by atoms with van der Waals surface area (Å²) >= 11 is 5.44. The van der Waals surface area contributed by atoms with Crippen LogP contribution in [0.15, 0.2) is 54.6 Å². The number of hydrogen-bond donors (Lipinski definition) is 2. The van der Waals surface area contributed by atoms with Crippen molar-refractivity contribution in [1.82, 2.24) is 5.32 Å². The van der Waals surface area contributed by atoms with E-state index in [0.717, 1.165) is 43.7 Å². The van der Waals surface area contributed by atoms with Gasteiger partial charge in [-0.15, -0.1) is 0 Å². The highest BCUT2D eigenvalue weighted by molar-refractivity contribution is 7.80. The van der Waals surface area contributed by atoms with Crippen molar-refractivity contribution in [2.45, 2.75) is 32.6 Å². The number of hydrogen-bond acceptors (Lipinski definition) is 2. The molecule has 1 heterocycles. The highest BCUT2D eigenvalue weighted by Crippen LogP contribution is 2.23. The molecule has 1 aliphatic heterocycles. The quantitative estimate of drug-likeness (QED) is 0.699. The molecule has 4 nitrogen and oxygen atoms in total. The lowest BCUT2D eigenvalue weighted by Crippen LogP contribution is -2.33. The highest BCUT2D eigenvalue weighted by atomic mass is 32.1. The first-order valence-electron chi connectivity index (χ1n) is 9.65. The zero-order chi connectivity index (χ0) is 19.1. The summed E-state index contributed by atoms with van der Waals surface area (Å²) in [4.78, 5) is 13.7. The SMILES string of the molecule is CC[C@H](CNC(=S)Nc1ccc(N2CCCC2=O)cc1)Cc1ccccc1. The van der Waals surface area contributed by atoms with Gasteiger partial charge in [-0.2, -0.15) is 0 Å². The van der Waals surface area contributed by atoms with Crippen molar-refractivity contribution >= 4 is 34.6 Å². The van der Waals surface area contributed by atoms with E-state index in [1.54, 1.807) is 0 Å². The summed E-state index contributed by atoms with van der Waals surface area (Å²) in [6.45, 7) is 3.87. The first-order valence-corrected chi connectivity index (χ1v) is 10.1. The summed E-state index contributed by atoms with van der Waals surface area (Å²) in [5, 5.41) is 7.20. The van der Waals surface area contributed by atoms with E-state index in [4.69, 9.17) is 12.2 Å². The molecular weight excluding hydrogens is 354 g/mol. The maximum atomic E-state index is 11.8. The molecule has 0 spiro atoms. The predicted octanol–water partition coefficient (Wildman–Crippen LogP) is 4.37. The van der Waals surface area contributed by atoms with Gasteiger partial charge < -0.3 is 15.5 Å². The standard InChI is InChI=1S/C22H27N3OS/c1-2-17(15-18-7-4-3-5-8-18)16-23-22(27)24-19-10-12-20(13-11-19)25-14-6-9-21(25)26/h3-5,7-8,10-13,17H,2,6,9,14-16H2,1H3,(H2,23,24,27)/t17-/m0/s1. The van der Waals surface area contributed by atoms with Gasteiger partial charge >= 0.3 is 0 Å². The van der Waals surface area contributed by atoms with Gasteiger partial charge in [0.1, 0.15) is 0 Å². The van der Waals surface area contributed by atoms with E-state index in [0.29, 0.717) is 17.5 Å². The molecule has 1 fully saturated rings. The Kier molecular flexibility index (Phi) is 6.82. The van der Waals surface area contributed by atoms with E-state index in [9.17, 15) is 4.79 Å². The topological polar surface area (TPSA) is 44.4 Å². The third-order valence-corrected chi connectivity index (χ3v) is 5.25. The van der Waals surface area contributed by atoms with Crippen LogP contribution >= 0.6 is 12.2 Å². The molecule has 0 aromatic heterocycles. The Hall–Kier alpha value is -2.40. The molecule has 0 radical (unpaired) electrons. The van der Waals surface area contributed by atoms with Crippen LogP contribution in [0.1, 0.15) is 31.7 Å². The Balaban J connectivity index is 1.47. The van der Waals surface area contributed by atoms with Gasteiger partial charge in [-0.3, -0.25) is 4.79 Å². The van der Waals surface area contributed by atoms with Gasteiger partial charge in [0, 0.05) is 30.9 Å². The van der Waals surface area contributed by atoms with Crippen molar-refractivity contribution in [3.63, 3.8) is 0 Å². The number of benzene rings is 2. The maximum absolute atomic E-state index is 11.8. The largest absolute Gasteiger partial charge is 0.362 e. The minimum atomic E-state index is 0.205. The van der Waals surface area contributed by atoms with Crippen LogP contribution in [0.5, 0.6) is 0 Å². The molecule has 0 bridgehead atoms. The fourth-order valence-electron chi connectivity index (χ4n) is 3.37. The first kappa shape index (κ1) is 19.4. The lowest BCUT2D eigenvalue weighted by atomic mass is 9.97. The van der Waals surface area contributed by atoms with E-state index in [2.05, 4.69) is 41.8 Å². The normalized spacial score (nSPS) is 14.9. The van der Waals surface area contributed by atoms with Gasteiger partial charge in [0.15, 0.2) is 5.11 Å². The Morgan fingerprint density at radius 2 is 1.89 bits per heavy atom. The number of amides is 1. The fourth-order valence-corrected chi connectivity index (χ4v) is 3.57. The maximum Gasteiger partial charge on any atom is 0.227 e. The molecule has 3 rings (SSSR count). The summed E-state index contributed by atoms with van der Waals surface area (Å²) in [5.41, 5.74) is 3.24. The van der Waals surface area contributed by atoms with Crippen LogP contribution in [-0.4, -0.2) is 24.1 Å². The first-order chi connectivity index (χ1) is 13.2. The molecule has 0 unspecified atom stereocenters. The van der Waals surface area contributed by atoms with Crippen molar-refractivity contribution in [2.75, 3.05) is 23.3 Å². The second-order valence-corrected chi connectivity index (χ2v) is 7.40. The Morgan fingerprint density at radius 3 is 2.52 bits per heavy atom. The fraction of sp³-hybridized carbons (Fsp3) is 0.364. The zero-order valence-corrected chi connectivity index (χ0v) is 16.6. The number of anilines is 2. The van der Waals surface area contributed by atoms with Crippen LogP contribution in [0.2, 0.25) is 0 Å². The van der Waals surface area contributed by atoms with E-state index in [1.807, 2.05) is 35.2 Å². The predicted molar refractivity (Wildman–Crippen MR) is 116 cm³/mol. The number of nitrogens with one attached hydrogen (secondary N) is 2. The summed E-state index contributed by atoms with van der Waals surface area (Å²) in [7, 11) is 0. The number of rotatable bonds is 7. The molecule has 2 aromatic carbocycles. The van der Waals surface area contributed by atoms with Gasteiger partial charge in [-0.05, 0) is 60.8 Å². The number of carbonyl (C=O) groups is 1. The van der Waals surface area contributed by atoms with Gasteiger partial charge in [0.2, 0.25) is 5.91 Å². The van der Waals surface area contributed by atoms with Crippen molar-refractivity contribution in [1.29, 1.82) is 0 Å². The van der Waals surface area contributed by atoms with Gasteiger partial charge in [0.25, 0.3) is 0 Å². The molecule has 5 heteroatoms. The Bertz CT molecular complexity index is 761. The van der Waals surface area contributed by atoms with E-state index in [1.165, 1.54) is 5.56 Å². The number of nitrogens with zero attached hydrogens (tertiary/aromatic N) is 1. The minimum Gasteiger partial charge on any atom is -0.362 e. The average molecular weight is 382 g/mol. The van der Waals surface area contributed by atoms with Crippen LogP contribution in [0.25, 0.3) is 0 Å². The van der Waals surface area contributed by atoms with E-state index >= 15 is 0 Å². The van der Waals surface area contributed by atoms with Crippen LogP contribution in [0, 0.1) is 5.92 Å². The molecule has 0 saturated carbocycles. The van der Waals surface area contributed by atoms with Crippen LogP contribution in [0.3, 0.4) is 0 Å². The highest BCUT2D eigenvalue weighted by Gasteiger charge is 2.21. The lowest BCUT2D eigenvalue weighted by molar-refractivity contribution is -0.117. The van der Waals surface area contributed by atoms with Crippen molar-refractivity contribution in [2.24, 2.45) is 5.92 Å². The molecule has 1 amide bonds. The molecule has 2 N–H and O–H groups in total. The molecule has 1 saturated heterocycles. The summed E-state index contributed by atoms with van der Waals surface area (Å²) in [6.07, 6.45) is 3.73. The van der Waals surface area contributed by atoms with E-state index < -0.39 is 0 Å². The second kappa shape index (κ2) is 9.51. The van der Waals surface area contributed by atoms with Crippen molar-refractivity contribution in [3.8, 4) is 0 Å². The van der Waals surface area contributed by atoms with Gasteiger partial charge in [-0.1, -0.05) is 43.7 Å².